The van der Waals surface area contributed by atoms with Gasteiger partial charge in [0.05, 0.1) is 17.7 Å². The zero-order chi connectivity index (χ0) is 29.1. The Labute approximate surface area is 238 Å². The van der Waals surface area contributed by atoms with Gasteiger partial charge in [0.25, 0.3) is 6.01 Å². The lowest BCUT2D eigenvalue weighted by molar-refractivity contribution is -0.120. The summed E-state index contributed by atoms with van der Waals surface area (Å²) in [4.78, 5) is 18.8. The first-order valence-corrected chi connectivity index (χ1v) is 14.0. The maximum absolute atomic E-state index is 13.8. The number of carbonyl (C=O) groups is 1. The first-order chi connectivity index (χ1) is 19.6. The van der Waals surface area contributed by atoms with E-state index < -0.39 is 29.3 Å². The third-order valence-corrected chi connectivity index (χ3v) is 7.81. The van der Waals surface area contributed by atoms with Crippen molar-refractivity contribution in [2.45, 2.75) is 57.2 Å². The van der Waals surface area contributed by atoms with Gasteiger partial charge in [-0.25, -0.2) is 8.78 Å². The van der Waals surface area contributed by atoms with Crippen LogP contribution in [0.2, 0.25) is 0 Å². The van der Waals surface area contributed by atoms with Gasteiger partial charge >= 0.3 is 0 Å². The molecule has 7 nitrogen and oxygen atoms in total. The molecule has 0 bridgehead atoms. The molecule has 0 saturated carbocycles. The quantitative estimate of drug-likeness (QED) is 0.251. The molecule has 1 fully saturated rings. The van der Waals surface area contributed by atoms with Gasteiger partial charge in [-0.05, 0) is 59.7 Å². The predicted octanol–water partition coefficient (Wildman–Crippen LogP) is 5.03. The Balaban J connectivity index is 1.40. The maximum atomic E-state index is 13.8. The van der Waals surface area contributed by atoms with Crippen LogP contribution in [-0.4, -0.2) is 47.8 Å². The van der Waals surface area contributed by atoms with Crippen molar-refractivity contribution in [1.29, 1.82) is 0 Å². The molecular weight excluding hydrogens is 526 g/mol. The number of rotatable bonds is 10. The molecule has 0 radical (unpaired) electrons. The number of nitrogens with one attached hydrogen (secondary N) is 2. The monoisotopic (exact) mass is 562 g/mol. The van der Waals surface area contributed by atoms with Crippen molar-refractivity contribution in [2.24, 2.45) is 0 Å². The Hall–Kier alpha value is -3.82. The highest BCUT2D eigenvalue weighted by Gasteiger charge is 2.42. The van der Waals surface area contributed by atoms with Gasteiger partial charge in [-0.15, -0.1) is 0 Å². The van der Waals surface area contributed by atoms with Gasteiger partial charge in [0.15, 0.2) is 5.58 Å². The summed E-state index contributed by atoms with van der Waals surface area (Å²) in [5.41, 5.74) is 3.60. The normalized spacial score (nSPS) is 18.7. The summed E-state index contributed by atoms with van der Waals surface area (Å²) in [6.07, 6.45) is -0.240. The molecule has 0 spiro atoms. The van der Waals surface area contributed by atoms with Crippen molar-refractivity contribution in [3.05, 3.63) is 95.1 Å². The van der Waals surface area contributed by atoms with Crippen LogP contribution >= 0.6 is 0 Å². The number of amides is 1. The van der Waals surface area contributed by atoms with Crippen LogP contribution in [0.15, 0.2) is 71.1 Å². The van der Waals surface area contributed by atoms with Crippen LogP contribution in [0.3, 0.4) is 0 Å². The van der Waals surface area contributed by atoms with E-state index in [1.165, 1.54) is 24.6 Å². The number of fused-ring (bicyclic) bond motifs is 1. The molecule has 1 aliphatic heterocycles. The van der Waals surface area contributed by atoms with Crippen molar-refractivity contribution in [1.82, 2.24) is 15.6 Å². The van der Waals surface area contributed by atoms with E-state index in [9.17, 15) is 18.7 Å². The van der Waals surface area contributed by atoms with E-state index in [-0.39, 0.29) is 18.9 Å². The fraction of sp³-hybridized carbons (Fsp3) is 0.375. The number of oxazole rings is 1. The van der Waals surface area contributed by atoms with E-state index in [0.717, 1.165) is 29.2 Å². The molecule has 216 valence electrons. The lowest BCUT2D eigenvalue weighted by Gasteiger charge is -2.34. The van der Waals surface area contributed by atoms with Gasteiger partial charge in [-0.2, -0.15) is 4.98 Å². The number of para-hydroxylation sites is 2. The Morgan fingerprint density at radius 3 is 2.56 bits per heavy atom. The van der Waals surface area contributed by atoms with Gasteiger partial charge in [0.1, 0.15) is 17.2 Å². The number of carbonyl (C=O) groups excluding carboxylic acids is 1. The topological polar surface area (TPSA) is 90.6 Å². The fourth-order valence-electron chi connectivity index (χ4n) is 5.62. The lowest BCUT2D eigenvalue weighted by atomic mass is 9.86. The molecule has 1 saturated heterocycles. The summed E-state index contributed by atoms with van der Waals surface area (Å²) >= 11 is 0. The van der Waals surface area contributed by atoms with Crippen molar-refractivity contribution in [3.63, 3.8) is 0 Å². The molecule has 1 amide bonds. The molecule has 41 heavy (non-hydrogen) atoms. The second-order valence-corrected chi connectivity index (χ2v) is 11.2. The van der Waals surface area contributed by atoms with E-state index in [0.29, 0.717) is 30.6 Å². The standard InChI is InChI=1S/C32H36F2N4O3/c1-20(2)23-7-6-8-24(16-23)32(11-12-38(19-32)31-37-27-9-4-5-10-30(27)41-31)35-18-29(40)28(36-21(3)39)15-22-13-25(33)17-26(34)14-22/h4-10,13-14,16-17,20,28-29,35,40H,11-12,15,18-19H2,1-3H3,(H,36,39)/t28-,29+,32?/m0/s1. The summed E-state index contributed by atoms with van der Waals surface area (Å²) < 4.78 is 33.8. The molecule has 3 aromatic carbocycles. The smallest absolute Gasteiger partial charge is 0.298 e. The molecule has 0 aliphatic carbocycles. The Morgan fingerprint density at radius 1 is 1.10 bits per heavy atom. The van der Waals surface area contributed by atoms with E-state index in [1.807, 2.05) is 30.3 Å². The Bertz CT molecular complexity index is 1470. The molecule has 5 rings (SSSR count). The van der Waals surface area contributed by atoms with E-state index >= 15 is 0 Å². The lowest BCUT2D eigenvalue weighted by Crippen LogP contribution is -2.53. The molecule has 3 atom stereocenters. The Kier molecular flexibility index (Phi) is 8.37. The van der Waals surface area contributed by atoms with Crippen molar-refractivity contribution in [2.75, 3.05) is 24.5 Å². The van der Waals surface area contributed by atoms with Crippen molar-refractivity contribution >= 4 is 23.0 Å². The first-order valence-electron chi connectivity index (χ1n) is 14.0. The molecule has 2 heterocycles. The maximum Gasteiger partial charge on any atom is 0.298 e. The molecule has 9 heteroatoms. The zero-order valence-electron chi connectivity index (χ0n) is 23.5. The number of hydrogen-bond donors (Lipinski definition) is 3. The second-order valence-electron chi connectivity index (χ2n) is 11.2. The average molecular weight is 563 g/mol. The minimum absolute atomic E-state index is 0.0714. The summed E-state index contributed by atoms with van der Waals surface area (Å²) in [6, 6.07) is 19.1. The molecule has 1 aliphatic rings. The number of halogens is 2. The average Bonchev–Trinajstić information content (AvgIpc) is 3.56. The van der Waals surface area contributed by atoms with Crippen LogP contribution < -0.4 is 15.5 Å². The Morgan fingerprint density at radius 2 is 1.85 bits per heavy atom. The number of hydrogen-bond acceptors (Lipinski definition) is 6. The van der Waals surface area contributed by atoms with Gasteiger partial charge in [0.2, 0.25) is 5.91 Å². The number of aliphatic hydroxyl groups excluding tert-OH is 1. The first kappa shape index (κ1) is 28.7. The number of benzene rings is 3. The summed E-state index contributed by atoms with van der Waals surface area (Å²) in [7, 11) is 0. The third-order valence-electron chi connectivity index (χ3n) is 7.81. The van der Waals surface area contributed by atoms with Crippen LogP contribution in [-0.2, 0) is 16.8 Å². The minimum Gasteiger partial charge on any atom is -0.423 e. The molecule has 3 N–H and O–H groups in total. The van der Waals surface area contributed by atoms with Crippen LogP contribution in [0.1, 0.15) is 49.8 Å². The highest BCUT2D eigenvalue weighted by atomic mass is 19.1. The second kappa shape index (κ2) is 12.0. The SMILES string of the molecule is CC(=O)N[C@@H](Cc1cc(F)cc(F)c1)[C@H](O)CNC1(c2cccc(C(C)C)c2)CCN(c2nc3ccccc3o2)C1. The van der Waals surface area contributed by atoms with E-state index in [1.54, 1.807) is 0 Å². The van der Waals surface area contributed by atoms with E-state index in [4.69, 9.17) is 9.40 Å². The number of aliphatic hydroxyl groups is 1. The molecular formula is C32H36F2N4O3. The van der Waals surface area contributed by atoms with Crippen LogP contribution in [0.4, 0.5) is 14.8 Å². The zero-order valence-corrected chi connectivity index (χ0v) is 23.5. The largest absolute Gasteiger partial charge is 0.423 e. The van der Waals surface area contributed by atoms with Crippen LogP contribution in [0.25, 0.3) is 11.1 Å². The summed E-state index contributed by atoms with van der Waals surface area (Å²) in [5.74, 6) is -1.41. The van der Waals surface area contributed by atoms with Gasteiger partial charge in [-0.1, -0.05) is 50.2 Å². The van der Waals surface area contributed by atoms with Crippen molar-refractivity contribution < 1.29 is 23.1 Å². The number of nitrogens with zero attached hydrogens (tertiary/aromatic N) is 2. The third kappa shape index (κ3) is 6.57. The van der Waals surface area contributed by atoms with Crippen molar-refractivity contribution in [3.8, 4) is 0 Å². The predicted molar refractivity (Wildman–Crippen MR) is 155 cm³/mol. The molecule has 1 unspecified atom stereocenters. The highest BCUT2D eigenvalue weighted by molar-refractivity contribution is 5.74. The van der Waals surface area contributed by atoms with Gasteiger partial charge in [-0.3, -0.25) is 4.79 Å². The molecule has 4 aromatic rings. The summed E-state index contributed by atoms with van der Waals surface area (Å²) in [6.45, 7) is 7.02. The number of aromatic nitrogens is 1. The fourth-order valence-corrected chi connectivity index (χ4v) is 5.62. The van der Waals surface area contributed by atoms with E-state index in [2.05, 4.69) is 47.6 Å². The van der Waals surface area contributed by atoms with Crippen LogP contribution in [0, 0.1) is 11.6 Å². The summed E-state index contributed by atoms with van der Waals surface area (Å²) in [5, 5.41) is 17.7. The highest BCUT2D eigenvalue weighted by Crippen LogP contribution is 2.36. The molecule has 1 aromatic heterocycles. The minimum atomic E-state index is -1.03. The van der Waals surface area contributed by atoms with Gasteiger partial charge < -0.3 is 25.1 Å². The number of anilines is 1. The van der Waals surface area contributed by atoms with Crippen LogP contribution in [0.5, 0.6) is 0 Å². The van der Waals surface area contributed by atoms with Gasteiger partial charge in [0, 0.05) is 32.6 Å².